The van der Waals surface area contributed by atoms with Crippen molar-refractivity contribution in [1.82, 2.24) is 29.3 Å². The molecule has 2 aromatic heterocycles. The number of aromatic amines is 1. The molecule has 0 aliphatic carbocycles. The second-order valence-corrected chi connectivity index (χ2v) is 9.67. The Morgan fingerprint density at radius 1 is 1.03 bits per heavy atom. The summed E-state index contributed by atoms with van der Waals surface area (Å²) >= 11 is 0. The molecule has 0 unspecified atom stereocenters. The minimum absolute atomic E-state index is 0.0119. The van der Waals surface area contributed by atoms with Crippen LogP contribution < -0.4 is 5.69 Å². The first kappa shape index (κ1) is 22.8. The van der Waals surface area contributed by atoms with Gasteiger partial charge in [0.15, 0.2) is 0 Å². The number of amides is 1. The van der Waals surface area contributed by atoms with Crippen LogP contribution in [-0.2, 0) is 6.42 Å². The number of fused-ring (bicyclic) bond motifs is 1. The van der Waals surface area contributed by atoms with Gasteiger partial charge in [-0.15, -0.1) is 0 Å². The number of nitrogens with zero attached hydrogens (tertiary/aromatic N) is 5. The fourth-order valence-corrected chi connectivity index (χ4v) is 5.61. The number of likely N-dealkylation sites (tertiary alicyclic amines) is 2. The van der Waals surface area contributed by atoms with Crippen LogP contribution in [0.3, 0.4) is 0 Å². The van der Waals surface area contributed by atoms with Crippen LogP contribution in [0.5, 0.6) is 0 Å². The molecule has 1 aromatic carbocycles. The predicted octanol–water partition coefficient (Wildman–Crippen LogP) is 3.40. The zero-order valence-electron chi connectivity index (χ0n) is 19.9. The summed E-state index contributed by atoms with van der Waals surface area (Å²) in [6, 6.07) is 7.17. The van der Waals surface area contributed by atoms with E-state index >= 15 is 0 Å². The van der Waals surface area contributed by atoms with Crippen molar-refractivity contribution in [3.05, 3.63) is 58.5 Å². The van der Waals surface area contributed by atoms with E-state index in [1.165, 1.54) is 24.7 Å². The van der Waals surface area contributed by atoms with Gasteiger partial charge in [0.1, 0.15) is 6.33 Å². The van der Waals surface area contributed by atoms with Gasteiger partial charge in [-0.05, 0) is 56.2 Å². The summed E-state index contributed by atoms with van der Waals surface area (Å²) in [5.41, 5.74) is 3.85. The number of hydrogen-bond donors (Lipinski definition) is 1. The first-order valence-corrected chi connectivity index (χ1v) is 12.7. The van der Waals surface area contributed by atoms with Gasteiger partial charge in [-0.3, -0.25) is 9.36 Å². The zero-order valence-corrected chi connectivity index (χ0v) is 19.9. The molecule has 1 amide bonds. The van der Waals surface area contributed by atoms with E-state index in [0.717, 1.165) is 69.3 Å². The van der Waals surface area contributed by atoms with Gasteiger partial charge in [0.05, 0.1) is 16.6 Å². The summed E-state index contributed by atoms with van der Waals surface area (Å²) in [5.74, 6) is 0.0225. The normalized spacial score (nSPS) is 18.6. The molecule has 0 spiro atoms. The molecule has 2 saturated heterocycles. The van der Waals surface area contributed by atoms with Crippen molar-refractivity contribution in [2.24, 2.45) is 0 Å². The third-order valence-corrected chi connectivity index (χ3v) is 7.54. The Balaban J connectivity index is 1.18. The maximum Gasteiger partial charge on any atom is 0.326 e. The number of nitrogens with one attached hydrogen (secondary N) is 1. The highest BCUT2D eigenvalue weighted by molar-refractivity contribution is 5.93. The first-order valence-electron chi connectivity index (χ1n) is 12.7. The molecule has 4 heterocycles. The Hall–Kier alpha value is -3.00. The van der Waals surface area contributed by atoms with Gasteiger partial charge in [-0.2, -0.15) is 0 Å². The topological polar surface area (TPSA) is 87.1 Å². The van der Waals surface area contributed by atoms with E-state index in [-0.39, 0.29) is 17.6 Å². The molecule has 8 heteroatoms. The second kappa shape index (κ2) is 10.1. The minimum atomic E-state index is 0.0119. The number of carbonyl (C=O) groups excluding carboxylic acids is 1. The smallest absolute Gasteiger partial charge is 0.326 e. The van der Waals surface area contributed by atoms with Crippen molar-refractivity contribution in [2.75, 3.05) is 26.2 Å². The van der Waals surface area contributed by atoms with E-state index in [2.05, 4.69) is 45.0 Å². The average Bonchev–Trinajstić information content (AvgIpc) is 3.22. The van der Waals surface area contributed by atoms with Gasteiger partial charge in [0.25, 0.3) is 5.91 Å². The number of piperidine rings is 2. The van der Waals surface area contributed by atoms with Crippen LogP contribution in [0, 0.1) is 0 Å². The molecule has 0 saturated carbocycles. The molecule has 5 rings (SSSR count). The molecular weight excluding hydrogens is 428 g/mol. The van der Waals surface area contributed by atoms with E-state index < -0.39 is 0 Å². The summed E-state index contributed by atoms with van der Waals surface area (Å²) in [5, 5.41) is 0. The highest BCUT2D eigenvalue weighted by atomic mass is 16.2. The van der Waals surface area contributed by atoms with Crippen molar-refractivity contribution < 1.29 is 4.79 Å². The maximum absolute atomic E-state index is 12.8. The highest BCUT2D eigenvalue weighted by Gasteiger charge is 2.31. The van der Waals surface area contributed by atoms with Gasteiger partial charge >= 0.3 is 5.69 Å². The van der Waals surface area contributed by atoms with Crippen LogP contribution in [0.1, 0.15) is 67.4 Å². The van der Waals surface area contributed by atoms with Gasteiger partial charge in [0.2, 0.25) is 0 Å². The van der Waals surface area contributed by atoms with Gasteiger partial charge in [-0.25, -0.2) is 14.8 Å². The summed E-state index contributed by atoms with van der Waals surface area (Å²) in [4.78, 5) is 41.0. The third kappa shape index (κ3) is 4.64. The van der Waals surface area contributed by atoms with Gasteiger partial charge in [-0.1, -0.05) is 19.4 Å². The predicted molar refractivity (Wildman–Crippen MR) is 132 cm³/mol. The molecular formula is C26H34N6O2. The largest absolute Gasteiger partial charge is 0.338 e. The lowest BCUT2D eigenvalue weighted by Crippen LogP contribution is -2.49. The van der Waals surface area contributed by atoms with Crippen molar-refractivity contribution >= 4 is 16.9 Å². The van der Waals surface area contributed by atoms with Crippen molar-refractivity contribution in [3.8, 4) is 0 Å². The van der Waals surface area contributed by atoms with Gasteiger partial charge in [0, 0.05) is 50.7 Å². The van der Waals surface area contributed by atoms with Gasteiger partial charge < -0.3 is 14.8 Å². The Labute approximate surface area is 200 Å². The Morgan fingerprint density at radius 3 is 2.44 bits per heavy atom. The van der Waals surface area contributed by atoms with E-state index in [1.54, 1.807) is 12.4 Å². The van der Waals surface area contributed by atoms with E-state index in [0.29, 0.717) is 11.6 Å². The quantitative estimate of drug-likeness (QED) is 0.607. The molecule has 1 N–H and O–H groups in total. The van der Waals surface area contributed by atoms with Crippen molar-refractivity contribution in [3.63, 3.8) is 0 Å². The number of aromatic nitrogens is 4. The summed E-state index contributed by atoms with van der Waals surface area (Å²) in [6.07, 6.45) is 11.9. The molecule has 3 aromatic rings. The lowest BCUT2D eigenvalue weighted by atomic mass is 9.97. The third-order valence-electron chi connectivity index (χ3n) is 7.54. The molecule has 0 atom stereocenters. The number of imidazole rings is 1. The fourth-order valence-electron chi connectivity index (χ4n) is 5.61. The van der Waals surface area contributed by atoms with E-state index in [4.69, 9.17) is 0 Å². The SMILES string of the molecule is CCCCc1ccc2c(c1)[nH]c(=O)n2C1CCN(C2CCN(C(=O)c3cncnc3)CC2)CC1. The van der Waals surface area contributed by atoms with E-state index in [1.807, 2.05) is 9.47 Å². The van der Waals surface area contributed by atoms with Crippen LogP contribution in [0.4, 0.5) is 0 Å². The zero-order chi connectivity index (χ0) is 23.5. The molecule has 2 fully saturated rings. The lowest BCUT2D eigenvalue weighted by molar-refractivity contribution is 0.0557. The minimum Gasteiger partial charge on any atom is -0.338 e. The van der Waals surface area contributed by atoms with Crippen molar-refractivity contribution in [1.29, 1.82) is 0 Å². The molecule has 34 heavy (non-hydrogen) atoms. The number of unbranched alkanes of at least 4 members (excludes halogenated alkanes) is 1. The maximum atomic E-state index is 12.8. The summed E-state index contributed by atoms with van der Waals surface area (Å²) < 4.78 is 1.99. The standard InChI is InChI=1S/C26H34N6O2/c1-2-3-4-19-5-6-24-23(15-19)29-26(34)32(24)22-9-11-30(12-10-22)21-7-13-31(14-8-21)25(33)20-16-27-18-28-17-20/h5-6,15-18,21-22H,2-4,7-14H2,1H3,(H,29,34). The highest BCUT2D eigenvalue weighted by Crippen LogP contribution is 2.29. The number of rotatable bonds is 6. The molecule has 0 radical (unpaired) electrons. The fraction of sp³-hybridized carbons (Fsp3) is 0.538. The number of benzene rings is 1. The first-order chi connectivity index (χ1) is 16.6. The van der Waals surface area contributed by atoms with Crippen LogP contribution in [0.25, 0.3) is 11.0 Å². The van der Waals surface area contributed by atoms with Crippen molar-refractivity contribution in [2.45, 2.75) is 64.0 Å². The molecule has 0 bridgehead atoms. The molecule has 180 valence electrons. The van der Waals surface area contributed by atoms with Crippen LogP contribution in [0.15, 0.2) is 41.7 Å². The molecule has 2 aliphatic rings. The Morgan fingerprint density at radius 2 is 1.74 bits per heavy atom. The van der Waals surface area contributed by atoms with Crippen LogP contribution in [-0.4, -0.2) is 67.4 Å². The Kier molecular flexibility index (Phi) is 6.76. The summed E-state index contributed by atoms with van der Waals surface area (Å²) in [6.45, 7) is 5.71. The molecule has 8 nitrogen and oxygen atoms in total. The summed E-state index contributed by atoms with van der Waals surface area (Å²) in [7, 11) is 0. The monoisotopic (exact) mass is 462 g/mol. The number of hydrogen-bond acceptors (Lipinski definition) is 5. The van der Waals surface area contributed by atoms with Crippen LogP contribution >= 0.6 is 0 Å². The second-order valence-electron chi connectivity index (χ2n) is 9.67. The lowest BCUT2D eigenvalue weighted by Gasteiger charge is -2.42. The Bertz CT molecular complexity index is 1170. The number of H-pyrrole nitrogens is 1. The number of aryl methyl sites for hydroxylation is 1. The molecule has 2 aliphatic heterocycles. The number of carbonyl (C=O) groups is 1. The average molecular weight is 463 g/mol. The van der Waals surface area contributed by atoms with Crippen LogP contribution in [0.2, 0.25) is 0 Å². The van der Waals surface area contributed by atoms with E-state index in [9.17, 15) is 9.59 Å².